The second-order valence-corrected chi connectivity index (χ2v) is 13.1. The van der Waals surface area contributed by atoms with Gasteiger partial charge in [0.05, 0.1) is 0 Å². The Morgan fingerprint density at radius 2 is 1.89 bits per heavy atom. The summed E-state index contributed by atoms with van der Waals surface area (Å²) >= 11 is 0. The Hall–Kier alpha value is -2.39. The Morgan fingerprint density at radius 3 is 2.54 bits per heavy atom. The van der Waals surface area contributed by atoms with Crippen molar-refractivity contribution < 1.29 is 4.79 Å². The van der Waals surface area contributed by atoms with Gasteiger partial charge in [-0.25, -0.2) is 0 Å². The third kappa shape index (κ3) is 5.58. The van der Waals surface area contributed by atoms with Gasteiger partial charge in [-0.05, 0) is 79.3 Å². The lowest BCUT2D eigenvalue weighted by Crippen LogP contribution is -2.58. The standard InChI is InChI=1S/C34H48N2O/c1-7-12-28(13-8-2)34-20-25(3)29(17-16-26-14-10-9-11-15-26)27(22-34)21-33(6,23-34)31(37)36-19-18-30(35)32(4,5)24-36/h7-15,17,25,27,30H,1,16,18-24,35H2,2-6H3/b13-8-,28-12+,29-17+. The van der Waals surface area contributed by atoms with Gasteiger partial charge in [0.2, 0.25) is 5.91 Å². The Kier molecular flexibility index (Phi) is 8.04. The van der Waals surface area contributed by atoms with Crippen LogP contribution in [0.5, 0.6) is 0 Å². The molecule has 1 amide bonds. The van der Waals surface area contributed by atoms with Gasteiger partial charge in [-0.15, -0.1) is 0 Å². The number of rotatable bonds is 6. The summed E-state index contributed by atoms with van der Waals surface area (Å²) in [5.74, 6) is 1.23. The minimum absolute atomic E-state index is 0.0146. The van der Waals surface area contributed by atoms with E-state index in [2.05, 4.69) is 101 Å². The van der Waals surface area contributed by atoms with Crippen molar-refractivity contribution >= 4 is 5.91 Å². The monoisotopic (exact) mass is 500 g/mol. The van der Waals surface area contributed by atoms with Crippen LogP contribution in [0.15, 0.2) is 78.4 Å². The fourth-order valence-corrected chi connectivity index (χ4v) is 7.84. The van der Waals surface area contributed by atoms with Crippen LogP contribution in [-0.2, 0) is 11.2 Å². The van der Waals surface area contributed by atoms with Gasteiger partial charge in [-0.3, -0.25) is 4.79 Å². The topological polar surface area (TPSA) is 46.3 Å². The minimum atomic E-state index is -0.395. The minimum Gasteiger partial charge on any atom is -0.342 e. The summed E-state index contributed by atoms with van der Waals surface area (Å²) < 4.78 is 0. The van der Waals surface area contributed by atoms with E-state index < -0.39 is 5.41 Å². The van der Waals surface area contributed by atoms with Gasteiger partial charge >= 0.3 is 0 Å². The number of hydrogen-bond donors (Lipinski definition) is 1. The van der Waals surface area contributed by atoms with Crippen LogP contribution in [0.3, 0.4) is 0 Å². The molecule has 2 saturated carbocycles. The highest BCUT2D eigenvalue weighted by molar-refractivity contribution is 5.83. The summed E-state index contributed by atoms with van der Waals surface area (Å²) in [5.41, 5.74) is 10.2. The maximum absolute atomic E-state index is 14.4. The first-order chi connectivity index (χ1) is 17.5. The molecule has 4 rings (SSSR count). The smallest absolute Gasteiger partial charge is 0.228 e. The maximum atomic E-state index is 14.4. The van der Waals surface area contributed by atoms with Crippen molar-refractivity contribution in [3.63, 3.8) is 0 Å². The zero-order chi connectivity index (χ0) is 26.8. The number of likely N-dealkylation sites (tertiary alicyclic amines) is 1. The number of hydrogen-bond acceptors (Lipinski definition) is 2. The van der Waals surface area contributed by atoms with E-state index in [9.17, 15) is 4.79 Å². The number of amides is 1. The fraction of sp³-hybridized carbons (Fsp3) is 0.559. The molecule has 0 radical (unpaired) electrons. The molecule has 200 valence electrons. The van der Waals surface area contributed by atoms with Gasteiger partial charge in [0, 0.05) is 24.5 Å². The van der Waals surface area contributed by atoms with Crippen LogP contribution in [0.2, 0.25) is 0 Å². The molecule has 3 nitrogen and oxygen atoms in total. The maximum Gasteiger partial charge on any atom is 0.228 e. The molecule has 1 aromatic carbocycles. The van der Waals surface area contributed by atoms with Crippen molar-refractivity contribution in [2.45, 2.75) is 79.2 Å². The summed E-state index contributed by atoms with van der Waals surface area (Å²) in [5, 5.41) is 0. The number of carbonyl (C=O) groups excluding carboxylic acids is 1. The molecule has 0 spiro atoms. The number of nitrogens with zero attached hydrogens (tertiary/aromatic N) is 1. The lowest BCUT2D eigenvalue weighted by Gasteiger charge is -2.57. The second-order valence-electron chi connectivity index (χ2n) is 13.1. The Morgan fingerprint density at radius 1 is 1.16 bits per heavy atom. The van der Waals surface area contributed by atoms with Crippen molar-refractivity contribution in [2.75, 3.05) is 13.1 Å². The molecule has 3 fully saturated rings. The molecule has 5 unspecified atom stereocenters. The molecular weight excluding hydrogens is 452 g/mol. The molecule has 2 aliphatic carbocycles. The molecule has 5 atom stereocenters. The number of nitrogens with two attached hydrogens (primary N) is 1. The van der Waals surface area contributed by atoms with Gasteiger partial charge in [0.1, 0.15) is 0 Å². The predicted molar refractivity (Wildman–Crippen MR) is 156 cm³/mol. The molecule has 3 heteroatoms. The Bertz CT molecular complexity index is 1080. The first-order valence-corrected chi connectivity index (χ1v) is 14.3. The van der Waals surface area contributed by atoms with E-state index in [0.717, 1.165) is 51.6 Å². The molecule has 1 aliphatic heterocycles. The second kappa shape index (κ2) is 10.8. The predicted octanol–water partition coefficient (Wildman–Crippen LogP) is 7.26. The number of fused-ring (bicyclic) bond motifs is 2. The third-order valence-electron chi connectivity index (χ3n) is 9.59. The van der Waals surface area contributed by atoms with E-state index in [1.165, 1.54) is 11.1 Å². The highest BCUT2D eigenvalue weighted by Gasteiger charge is 2.56. The number of carbonyl (C=O) groups is 1. The van der Waals surface area contributed by atoms with Gasteiger partial charge in [0.25, 0.3) is 0 Å². The lowest BCUT2D eigenvalue weighted by molar-refractivity contribution is -0.151. The van der Waals surface area contributed by atoms with Gasteiger partial charge < -0.3 is 10.6 Å². The first kappa shape index (κ1) is 27.6. The molecule has 1 saturated heterocycles. The highest BCUT2D eigenvalue weighted by Crippen LogP contribution is 2.62. The van der Waals surface area contributed by atoms with E-state index in [0.29, 0.717) is 17.7 Å². The van der Waals surface area contributed by atoms with Crippen molar-refractivity contribution in [3.8, 4) is 0 Å². The molecule has 1 aromatic rings. The molecule has 2 bridgehead atoms. The van der Waals surface area contributed by atoms with Gasteiger partial charge in [-0.2, -0.15) is 0 Å². The molecule has 37 heavy (non-hydrogen) atoms. The molecule has 3 aliphatic rings. The summed E-state index contributed by atoms with van der Waals surface area (Å²) in [7, 11) is 0. The van der Waals surface area contributed by atoms with Crippen molar-refractivity contribution in [1.29, 1.82) is 0 Å². The van der Waals surface area contributed by atoms with Crippen LogP contribution in [0.4, 0.5) is 0 Å². The van der Waals surface area contributed by atoms with Gasteiger partial charge in [0.15, 0.2) is 0 Å². The fourth-order valence-electron chi connectivity index (χ4n) is 7.84. The summed E-state index contributed by atoms with van der Waals surface area (Å²) in [4.78, 5) is 16.5. The average Bonchev–Trinajstić information content (AvgIpc) is 2.85. The van der Waals surface area contributed by atoms with Crippen LogP contribution in [0, 0.1) is 28.1 Å². The lowest BCUT2D eigenvalue weighted by atomic mass is 9.48. The zero-order valence-corrected chi connectivity index (χ0v) is 23.8. The van der Waals surface area contributed by atoms with E-state index in [-0.39, 0.29) is 16.9 Å². The summed E-state index contributed by atoms with van der Waals surface area (Å²) in [6.07, 6.45) is 16.9. The van der Waals surface area contributed by atoms with Crippen molar-refractivity contribution in [3.05, 3.63) is 84.0 Å². The quantitative estimate of drug-likeness (QED) is 0.330. The van der Waals surface area contributed by atoms with E-state index in [4.69, 9.17) is 5.73 Å². The Labute approximate surface area is 225 Å². The number of benzene rings is 1. The molecule has 2 N–H and O–H groups in total. The summed E-state index contributed by atoms with van der Waals surface area (Å²) in [6, 6.07) is 10.9. The normalized spacial score (nSPS) is 35.1. The summed E-state index contributed by atoms with van der Waals surface area (Å²) in [6.45, 7) is 16.7. The van der Waals surface area contributed by atoms with Crippen molar-refractivity contribution in [2.24, 2.45) is 33.8 Å². The third-order valence-corrected chi connectivity index (χ3v) is 9.59. The first-order valence-electron chi connectivity index (χ1n) is 14.3. The van der Waals surface area contributed by atoms with Crippen LogP contribution in [-0.4, -0.2) is 29.9 Å². The molecular formula is C34H48N2O. The largest absolute Gasteiger partial charge is 0.342 e. The average molecular weight is 501 g/mol. The van der Waals surface area contributed by atoms with Crippen LogP contribution >= 0.6 is 0 Å². The Balaban J connectivity index is 1.71. The van der Waals surface area contributed by atoms with E-state index >= 15 is 0 Å². The number of piperidine rings is 1. The number of allylic oxidation sites excluding steroid dienone is 7. The van der Waals surface area contributed by atoms with Crippen LogP contribution < -0.4 is 5.73 Å². The molecule has 0 aromatic heterocycles. The van der Waals surface area contributed by atoms with E-state index in [1.807, 2.05) is 6.08 Å². The van der Waals surface area contributed by atoms with Crippen molar-refractivity contribution in [1.82, 2.24) is 4.90 Å². The van der Waals surface area contributed by atoms with E-state index in [1.54, 1.807) is 5.57 Å². The zero-order valence-electron chi connectivity index (χ0n) is 23.8. The molecule has 1 heterocycles. The van der Waals surface area contributed by atoms with Crippen LogP contribution in [0.1, 0.15) is 72.3 Å². The SMILES string of the molecule is C=C/C=C(\C=C/C)C12CC(C)/C(=C\Cc3ccccc3)C(CC(C)(C(=O)N3CCC(N)C(C)(C)C3)C1)C2. The highest BCUT2D eigenvalue weighted by atomic mass is 16.2. The van der Waals surface area contributed by atoms with Crippen LogP contribution in [0.25, 0.3) is 0 Å². The van der Waals surface area contributed by atoms with Gasteiger partial charge in [-0.1, -0.05) is 101 Å².